The van der Waals surface area contributed by atoms with Crippen molar-refractivity contribution in [2.75, 3.05) is 23.3 Å². The molecule has 0 aromatic heterocycles. The maximum absolute atomic E-state index is 13.3. The first kappa shape index (κ1) is 27.8. The minimum atomic E-state index is -0.497. The van der Waals surface area contributed by atoms with E-state index in [0.29, 0.717) is 47.9 Å². The van der Waals surface area contributed by atoms with Crippen LogP contribution in [0.25, 0.3) is 0 Å². The molecular weight excluding hydrogens is 508 g/mol. The van der Waals surface area contributed by atoms with Crippen molar-refractivity contribution in [1.29, 1.82) is 0 Å². The topological polar surface area (TPSA) is 114 Å². The van der Waals surface area contributed by atoms with Crippen LogP contribution in [-0.2, 0) is 6.42 Å². The molecule has 0 spiro atoms. The number of rotatable bonds is 11. The van der Waals surface area contributed by atoms with Crippen LogP contribution in [0.3, 0.4) is 0 Å². The first-order valence-electron chi connectivity index (χ1n) is 13.0. The highest BCUT2D eigenvalue weighted by Gasteiger charge is 2.17. The van der Waals surface area contributed by atoms with Gasteiger partial charge in [-0.2, -0.15) is 0 Å². The summed E-state index contributed by atoms with van der Waals surface area (Å²) in [5.74, 6) is 1.14. The first-order chi connectivity index (χ1) is 19.4. The van der Waals surface area contributed by atoms with Gasteiger partial charge in [0.15, 0.2) is 0 Å². The van der Waals surface area contributed by atoms with Gasteiger partial charge in [-0.25, -0.2) is 4.79 Å². The maximum atomic E-state index is 13.3. The number of anilines is 2. The molecule has 0 radical (unpaired) electrons. The third-order valence-corrected chi connectivity index (χ3v) is 6.17. The number of nitrogens with one attached hydrogen (secondary N) is 2. The highest BCUT2D eigenvalue weighted by molar-refractivity contribution is 6.01. The molecule has 0 heterocycles. The molecule has 3 amide bonds. The van der Waals surface area contributed by atoms with Gasteiger partial charge in [0.05, 0.1) is 4.92 Å². The lowest BCUT2D eigenvalue weighted by molar-refractivity contribution is -0.384. The average molecular weight is 539 g/mol. The molecule has 0 atom stereocenters. The molecule has 204 valence electrons. The molecule has 40 heavy (non-hydrogen) atoms. The van der Waals surface area contributed by atoms with E-state index in [2.05, 4.69) is 17.6 Å². The predicted octanol–water partition coefficient (Wildman–Crippen LogP) is 6.81. The molecule has 4 aromatic rings. The van der Waals surface area contributed by atoms with Gasteiger partial charge < -0.3 is 15.4 Å². The summed E-state index contributed by atoms with van der Waals surface area (Å²) in [6.07, 6.45) is 1.40. The Morgan fingerprint density at radius 1 is 0.850 bits per heavy atom. The third kappa shape index (κ3) is 7.67. The lowest BCUT2D eigenvalue weighted by atomic mass is 10.1. The fraction of sp³-hybridized carbons (Fsp3) is 0.161. The van der Waals surface area contributed by atoms with Gasteiger partial charge in [-0.05, 0) is 79.1 Å². The molecule has 0 aliphatic rings. The van der Waals surface area contributed by atoms with Gasteiger partial charge in [0.1, 0.15) is 11.5 Å². The van der Waals surface area contributed by atoms with Crippen LogP contribution in [0.2, 0.25) is 0 Å². The van der Waals surface area contributed by atoms with Crippen molar-refractivity contribution in [3.63, 3.8) is 0 Å². The summed E-state index contributed by atoms with van der Waals surface area (Å²) in [6, 6.07) is 29.2. The summed E-state index contributed by atoms with van der Waals surface area (Å²) in [5, 5.41) is 16.7. The summed E-state index contributed by atoms with van der Waals surface area (Å²) in [4.78, 5) is 37.8. The van der Waals surface area contributed by atoms with Crippen LogP contribution in [0.4, 0.5) is 21.9 Å². The van der Waals surface area contributed by atoms with Crippen molar-refractivity contribution in [3.8, 4) is 11.5 Å². The van der Waals surface area contributed by atoms with Crippen molar-refractivity contribution >= 4 is 29.0 Å². The average Bonchev–Trinajstić information content (AvgIpc) is 2.98. The molecule has 4 aromatic carbocycles. The summed E-state index contributed by atoms with van der Waals surface area (Å²) >= 11 is 0. The van der Waals surface area contributed by atoms with Crippen molar-refractivity contribution in [3.05, 3.63) is 124 Å². The molecule has 0 saturated carbocycles. The van der Waals surface area contributed by atoms with Gasteiger partial charge in [-0.1, -0.05) is 37.3 Å². The number of carbonyl (C=O) groups excluding carboxylic acids is 2. The Kier molecular flexibility index (Phi) is 9.44. The van der Waals surface area contributed by atoms with E-state index in [4.69, 9.17) is 4.74 Å². The van der Waals surface area contributed by atoms with E-state index in [-0.39, 0.29) is 11.6 Å². The Bertz CT molecular complexity index is 1420. The molecule has 0 bridgehead atoms. The largest absolute Gasteiger partial charge is 0.457 e. The zero-order chi connectivity index (χ0) is 28.3. The van der Waals surface area contributed by atoms with Gasteiger partial charge in [-0.15, -0.1) is 0 Å². The molecule has 0 unspecified atom stereocenters. The van der Waals surface area contributed by atoms with Gasteiger partial charge in [0.25, 0.3) is 11.6 Å². The second kappa shape index (κ2) is 13.6. The number of aryl methyl sites for hydroxylation is 1. The summed E-state index contributed by atoms with van der Waals surface area (Å²) in [6.45, 7) is 2.74. The Hall–Kier alpha value is -5.18. The summed E-state index contributed by atoms with van der Waals surface area (Å²) in [7, 11) is 0. The number of para-hydroxylation sites is 1. The fourth-order valence-corrected chi connectivity index (χ4v) is 3.96. The van der Waals surface area contributed by atoms with Gasteiger partial charge in [0, 0.05) is 42.2 Å². The third-order valence-electron chi connectivity index (χ3n) is 6.17. The normalized spacial score (nSPS) is 10.4. The zero-order valence-corrected chi connectivity index (χ0v) is 22.1. The van der Waals surface area contributed by atoms with Crippen LogP contribution in [-0.4, -0.2) is 30.0 Å². The number of non-ortho nitro benzene ring substituents is 1. The van der Waals surface area contributed by atoms with Crippen LogP contribution >= 0.6 is 0 Å². The van der Waals surface area contributed by atoms with Crippen LogP contribution in [0, 0.1) is 10.1 Å². The Labute approximate surface area is 232 Å². The van der Waals surface area contributed by atoms with E-state index >= 15 is 0 Å². The van der Waals surface area contributed by atoms with Crippen LogP contribution in [0.15, 0.2) is 103 Å². The fourth-order valence-electron chi connectivity index (χ4n) is 3.96. The number of carbonyl (C=O) groups is 2. The Balaban J connectivity index is 1.42. The molecule has 9 heteroatoms. The Morgan fingerprint density at radius 3 is 2.12 bits per heavy atom. The molecule has 0 saturated heterocycles. The minimum Gasteiger partial charge on any atom is -0.457 e. The molecule has 0 fully saturated rings. The van der Waals surface area contributed by atoms with Gasteiger partial charge in [0.2, 0.25) is 0 Å². The van der Waals surface area contributed by atoms with Crippen molar-refractivity contribution in [1.82, 2.24) is 5.32 Å². The second-order valence-corrected chi connectivity index (χ2v) is 8.95. The minimum absolute atomic E-state index is 0.0658. The predicted molar refractivity (Wildman–Crippen MR) is 155 cm³/mol. The van der Waals surface area contributed by atoms with Crippen molar-refractivity contribution in [2.45, 2.75) is 19.8 Å². The number of ether oxygens (including phenoxy) is 1. The number of nitrogens with zero attached hydrogens (tertiary/aromatic N) is 2. The Morgan fingerprint density at radius 2 is 1.50 bits per heavy atom. The smallest absolute Gasteiger partial charge is 0.326 e. The first-order valence-corrected chi connectivity index (χ1v) is 13.0. The lowest BCUT2D eigenvalue weighted by Gasteiger charge is -2.24. The summed E-state index contributed by atoms with van der Waals surface area (Å²) in [5.41, 5.74) is 2.73. The maximum Gasteiger partial charge on any atom is 0.326 e. The molecule has 2 N–H and O–H groups in total. The van der Waals surface area contributed by atoms with Gasteiger partial charge >= 0.3 is 6.03 Å². The number of urea groups is 1. The van der Waals surface area contributed by atoms with E-state index < -0.39 is 11.0 Å². The molecule has 0 aliphatic carbocycles. The van der Waals surface area contributed by atoms with Gasteiger partial charge in [-0.3, -0.25) is 19.8 Å². The number of nitro benzene ring substituents is 1. The van der Waals surface area contributed by atoms with Crippen LogP contribution in [0.1, 0.15) is 29.3 Å². The van der Waals surface area contributed by atoms with E-state index in [0.717, 1.165) is 12.0 Å². The molecular formula is C31H30N4O5. The SMILES string of the molecule is CCc1ccc(C(=O)NCCCN(C(=O)Nc2ccc([N+](=O)[O-])cc2)c2ccc(Oc3ccccc3)cc2)cc1. The highest BCUT2D eigenvalue weighted by Crippen LogP contribution is 2.25. The van der Waals surface area contributed by atoms with E-state index in [1.165, 1.54) is 24.3 Å². The molecule has 9 nitrogen and oxygen atoms in total. The number of hydrogen-bond acceptors (Lipinski definition) is 5. The number of benzene rings is 4. The number of hydrogen-bond donors (Lipinski definition) is 2. The lowest BCUT2D eigenvalue weighted by Crippen LogP contribution is -2.37. The number of amides is 3. The van der Waals surface area contributed by atoms with Crippen LogP contribution < -0.4 is 20.3 Å². The molecule has 4 rings (SSSR count). The second-order valence-electron chi connectivity index (χ2n) is 8.95. The van der Waals surface area contributed by atoms with Crippen molar-refractivity contribution < 1.29 is 19.2 Å². The molecule has 0 aliphatic heterocycles. The highest BCUT2D eigenvalue weighted by atomic mass is 16.6. The standard InChI is InChI=1S/C31H30N4O5/c1-2-23-9-11-24(12-10-23)30(36)32-21-6-22-34(31(37)33-25-13-15-27(16-14-25)35(38)39)26-17-19-29(20-18-26)40-28-7-4-3-5-8-28/h3-5,7-20H,2,6,21-22H2,1H3,(H,32,36)(H,33,37). The summed E-state index contributed by atoms with van der Waals surface area (Å²) < 4.78 is 5.86. The van der Waals surface area contributed by atoms with E-state index in [9.17, 15) is 19.7 Å². The zero-order valence-electron chi connectivity index (χ0n) is 22.1. The van der Waals surface area contributed by atoms with E-state index in [1.54, 1.807) is 41.3 Å². The van der Waals surface area contributed by atoms with Crippen LogP contribution in [0.5, 0.6) is 11.5 Å². The van der Waals surface area contributed by atoms with E-state index in [1.807, 2.05) is 42.5 Å². The van der Waals surface area contributed by atoms with Crippen molar-refractivity contribution in [2.24, 2.45) is 0 Å². The quantitative estimate of drug-likeness (QED) is 0.124. The number of nitro groups is 1. The monoisotopic (exact) mass is 538 g/mol.